The molecule has 0 radical (unpaired) electrons. The summed E-state index contributed by atoms with van der Waals surface area (Å²) in [5, 5.41) is 2.12. The molecule has 0 spiro atoms. The molecule has 190 valence electrons. The van der Waals surface area contributed by atoms with Gasteiger partial charge in [-0.3, -0.25) is 0 Å². The highest BCUT2D eigenvalue weighted by Crippen LogP contribution is 2.37. The topological polar surface area (TPSA) is 13.6 Å². The molecule has 0 atom stereocenters. The molecule has 0 unspecified atom stereocenters. The third-order valence-electron chi connectivity index (χ3n) is 7.57. The van der Waals surface area contributed by atoms with Gasteiger partial charge in [0.25, 0.3) is 0 Å². The molecule has 7 aromatic rings. The molecule has 7 rings (SSSR count). The van der Waals surface area contributed by atoms with E-state index in [1.165, 1.54) is 11.1 Å². The van der Waals surface area contributed by atoms with E-state index in [0.29, 0.717) is 11.4 Å². The molecule has 0 amide bonds. The first-order chi connectivity index (χ1) is 20.2. The van der Waals surface area contributed by atoms with Crippen molar-refractivity contribution in [2.75, 3.05) is 0 Å². The van der Waals surface area contributed by atoms with Gasteiger partial charge in [0, 0.05) is 11.1 Å². The molecule has 3 heteroatoms. The molecule has 0 aliphatic heterocycles. The minimum atomic E-state index is 0.581. The fourth-order valence-corrected chi connectivity index (χ4v) is 5.65. The van der Waals surface area contributed by atoms with E-state index in [-0.39, 0.29) is 0 Å². The average molecular weight is 522 g/mol. The van der Waals surface area contributed by atoms with Crippen LogP contribution in [0.25, 0.3) is 70.6 Å². The van der Waals surface area contributed by atoms with Crippen LogP contribution < -0.4 is 0 Å². The lowest BCUT2D eigenvalue weighted by Crippen LogP contribution is -1.94. The number of rotatable bonds is 4. The van der Waals surface area contributed by atoms with Crippen LogP contribution in [0.5, 0.6) is 0 Å². The van der Waals surface area contributed by atoms with E-state index in [2.05, 4.69) is 105 Å². The second-order valence-electron chi connectivity index (χ2n) is 10.0. The van der Waals surface area contributed by atoms with Crippen LogP contribution in [0.1, 0.15) is 0 Å². The summed E-state index contributed by atoms with van der Waals surface area (Å²) in [7, 11) is 0. The Labute approximate surface area is 238 Å². The quantitative estimate of drug-likeness (QED) is 0.204. The minimum absolute atomic E-state index is 0.581. The Balaban J connectivity index is 1.37. The number of fused-ring (bicyclic) bond motifs is 3. The van der Waals surface area contributed by atoms with E-state index in [4.69, 9.17) is 13.1 Å². The van der Waals surface area contributed by atoms with E-state index < -0.39 is 0 Å². The van der Waals surface area contributed by atoms with Crippen molar-refractivity contribution in [3.05, 3.63) is 162 Å². The molecular formula is C38H23N3. The maximum atomic E-state index is 7.87. The third kappa shape index (κ3) is 4.33. The van der Waals surface area contributed by atoms with Gasteiger partial charge in [0.05, 0.1) is 24.2 Å². The largest absolute Gasteiger partial charge is 0.311 e. The van der Waals surface area contributed by atoms with Gasteiger partial charge in [-0.15, -0.1) is 0 Å². The second-order valence-corrected chi connectivity index (χ2v) is 10.0. The number of hydrogen-bond donors (Lipinski definition) is 0. The molecule has 0 saturated heterocycles. The number of aromatic nitrogens is 1. The van der Waals surface area contributed by atoms with Gasteiger partial charge in [-0.1, -0.05) is 91.0 Å². The van der Waals surface area contributed by atoms with Crippen molar-refractivity contribution >= 4 is 33.2 Å². The first-order valence-corrected chi connectivity index (χ1v) is 13.4. The molecule has 0 saturated carbocycles. The average Bonchev–Trinajstić information content (AvgIpc) is 3.38. The fourth-order valence-electron chi connectivity index (χ4n) is 5.65. The number of nitrogens with zero attached hydrogens (tertiary/aromatic N) is 3. The van der Waals surface area contributed by atoms with Gasteiger partial charge in [0.15, 0.2) is 11.4 Å². The predicted molar refractivity (Wildman–Crippen MR) is 170 cm³/mol. The van der Waals surface area contributed by atoms with Crippen molar-refractivity contribution in [2.45, 2.75) is 0 Å². The molecule has 3 nitrogen and oxygen atoms in total. The Kier molecular flexibility index (Phi) is 5.90. The normalized spacial score (nSPS) is 10.9. The van der Waals surface area contributed by atoms with Gasteiger partial charge < -0.3 is 4.57 Å². The zero-order valence-corrected chi connectivity index (χ0v) is 22.1. The Morgan fingerprint density at radius 3 is 1.68 bits per heavy atom. The molecule has 0 N–H and O–H groups in total. The smallest absolute Gasteiger partial charge is 0.189 e. The number of benzene rings is 6. The van der Waals surface area contributed by atoms with Gasteiger partial charge in [0.2, 0.25) is 0 Å². The van der Waals surface area contributed by atoms with Gasteiger partial charge in [-0.25, -0.2) is 9.69 Å². The SMILES string of the molecule is [C-]#[N+]c1cc(-c2cccc(-c3cccc(-c4ccccc4)c3)c2)cc(-n2c3ccccc3c3cc([N+]#[C-])ccc32)c1. The lowest BCUT2D eigenvalue weighted by molar-refractivity contribution is 1.18. The summed E-state index contributed by atoms with van der Waals surface area (Å²) in [6, 6.07) is 47.7. The van der Waals surface area contributed by atoms with Crippen molar-refractivity contribution < 1.29 is 0 Å². The summed E-state index contributed by atoms with van der Waals surface area (Å²) in [6.07, 6.45) is 0. The van der Waals surface area contributed by atoms with E-state index >= 15 is 0 Å². The van der Waals surface area contributed by atoms with E-state index in [1.54, 1.807) is 0 Å². The molecule has 0 bridgehead atoms. The van der Waals surface area contributed by atoms with Crippen LogP contribution >= 0.6 is 0 Å². The molecule has 41 heavy (non-hydrogen) atoms. The summed E-state index contributed by atoms with van der Waals surface area (Å²) in [6.45, 7) is 15.4. The summed E-state index contributed by atoms with van der Waals surface area (Å²) in [5.74, 6) is 0. The Bertz CT molecular complexity index is 2170. The first-order valence-electron chi connectivity index (χ1n) is 13.4. The fraction of sp³-hybridized carbons (Fsp3) is 0. The molecule has 0 fully saturated rings. The highest BCUT2D eigenvalue weighted by atomic mass is 15.0. The van der Waals surface area contributed by atoms with Crippen LogP contribution in [-0.2, 0) is 0 Å². The van der Waals surface area contributed by atoms with Crippen LogP contribution in [0.4, 0.5) is 11.4 Å². The lowest BCUT2D eigenvalue weighted by atomic mass is 9.96. The van der Waals surface area contributed by atoms with Gasteiger partial charge >= 0.3 is 0 Å². The van der Waals surface area contributed by atoms with Crippen LogP contribution in [0, 0.1) is 13.1 Å². The number of hydrogen-bond acceptors (Lipinski definition) is 0. The van der Waals surface area contributed by atoms with E-state index in [0.717, 1.165) is 49.7 Å². The first kappa shape index (κ1) is 24.2. The molecule has 6 aromatic carbocycles. The maximum absolute atomic E-state index is 7.87. The Morgan fingerprint density at radius 2 is 0.976 bits per heavy atom. The standard InChI is InChI=1S/C38H23N3/c1-39-32-18-19-38-36(25-32)35-16-6-7-17-37(35)41(38)34-23-31(22-33(24-34)40-2)30-15-9-14-29(21-30)28-13-8-12-27(20-28)26-10-4-3-5-11-26/h3-25H. The molecule has 1 heterocycles. The van der Waals surface area contributed by atoms with Gasteiger partial charge in [-0.2, -0.15) is 0 Å². The predicted octanol–water partition coefficient (Wildman–Crippen LogP) is 10.9. The van der Waals surface area contributed by atoms with Crippen LogP contribution in [0.15, 0.2) is 140 Å². The van der Waals surface area contributed by atoms with Crippen molar-refractivity contribution in [1.82, 2.24) is 4.57 Å². The summed E-state index contributed by atoms with van der Waals surface area (Å²) in [5.41, 5.74) is 10.9. The Morgan fingerprint density at radius 1 is 0.390 bits per heavy atom. The van der Waals surface area contributed by atoms with Crippen LogP contribution in [0.2, 0.25) is 0 Å². The highest BCUT2D eigenvalue weighted by molar-refractivity contribution is 6.10. The Hall–Kier alpha value is -5.90. The van der Waals surface area contributed by atoms with Crippen LogP contribution in [0.3, 0.4) is 0 Å². The second kappa shape index (κ2) is 10.0. The number of para-hydroxylation sites is 1. The third-order valence-corrected chi connectivity index (χ3v) is 7.57. The van der Waals surface area contributed by atoms with Gasteiger partial charge in [-0.05, 0) is 87.3 Å². The zero-order chi connectivity index (χ0) is 27.8. The van der Waals surface area contributed by atoms with Gasteiger partial charge in [0.1, 0.15) is 0 Å². The summed E-state index contributed by atoms with van der Waals surface area (Å²) >= 11 is 0. The van der Waals surface area contributed by atoms with Crippen LogP contribution in [-0.4, -0.2) is 4.57 Å². The zero-order valence-electron chi connectivity index (χ0n) is 22.1. The monoisotopic (exact) mass is 521 g/mol. The minimum Gasteiger partial charge on any atom is -0.311 e. The molecular weight excluding hydrogens is 498 g/mol. The molecule has 0 aliphatic rings. The van der Waals surface area contributed by atoms with E-state index in [1.807, 2.05) is 48.5 Å². The molecule has 1 aromatic heterocycles. The maximum Gasteiger partial charge on any atom is 0.189 e. The highest BCUT2D eigenvalue weighted by Gasteiger charge is 2.14. The van der Waals surface area contributed by atoms with Crippen molar-refractivity contribution in [3.63, 3.8) is 0 Å². The van der Waals surface area contributed by atoms with E-state index in [9.17, 15) is 0 Å². The summed E-state index contributed by atoms with van der Waals surface area (Å²) < 4.78 is 2.20. The van der Waals surface area contributed by atoms with Crippen molar-refractivity contribution in [1.29, 1.82) is 0 Å². The summed E-state index contributed by atoms with van der Waals surface area (Å²) in [4.78, 5) is 7.48. The molecule has 0 aliphatic carbocycles. The van der Waals surface area contributed by atoms with Crippen molar-refractivity contribution in [3.8, 4) is 39.1 Å². The van der Waals surface area contributed by atoms with Crippen molar-refractivity contribution in [2.24, 2.45) is 0 Å². The lowest BCUT2D eigenvalue weighted by Gasteiger charge is -2.13.